The number of hydrogen-bond acceptors (Lipinski definition) is 3. The Balaban J connectivity index is 2.07. The quantitative estimate of drug-likeness (QED) is 0.879. The van der Waals surface area contributed by atoms with E-state index in [9.17, 15) is 4.79 Å². The molecule has 1 aliphatic carbocycles. The van der Waals surface area contributed by atoms with E-state index >= 15 is 0 Å². The van der Waals surface area contributed by atoms with Crippen molar-refractivity contribution in [3.8, 4) is 6.07 Å². The molecular formula is C13H14ClN3O. The summed E-state index contributed by atoms with van der Waals surface area (Å²) in [6, 6.07) is 6.79. The molecule has 0 saturated heterocycles. The predicted molar refractivity (Wildman–Crippen MR) is 70.2 cm³/mol. The minimum Gasteiger partial charge on any atom is -0.325 e. The molecule has 1 amide bonds. The Morgan fingerprint density at radius 2 is 2.28 bits per heavy atom. The second kappa shape index (κ2) is 4.97. The van der Waals surface area contributed by atoms with Crippen molar-refractivity contribution < 1.29 is 4.79 Å². The SMILES string of the molecule is N#Cc1ccc(Cl)cc1NC(=O)CC1(N)CCC1. The maximum atomic E-state index is 11.9. The average Bonchev–Trinajstić information content (AvgIpc) is 2.27. The number of anilines is 1. The zero-order valence-electron chi connectivity index (χ0n) is 9.87. The normalized spacial score (nSPS) is 16.5. The van der Waals surface area contributed by atoms with Gasteiger partial charge in [0.15, 0.2) is 0 Å². The number of nitrogens with zero attached hydrogens (tertiary/aromatic N) is 1. The summed E-state index contributed by atoms with van der Waals surface area (Å²) in [5.74, 6) is -0.170. The van der Waals surface area contributed by atoms with Crippen molar-refractivity contribution in [1.82, 2.24) is 0 Å². The molecule has 1 aliphatic rings. The first-order valence-corrected chi connectivity index (χ1v) is 6.19. The van der Waals surface area contributed by atoms with E-state index < -0.39 is 0 Å². The Morgan fingerprint density at radius 1 is 1.56 bits per heavy atom. The van der Waals surface area contributed by atoms with Crippen LogP contribution < -0.4 is 11.1 Å². The van der Waals surface area contributed by atoms with Crippen molar-refractivity contribution in [2.75, 3.05) is 5.32 Å². The molecule has 0 unspecified atom stereocenters. The number of nitriles is 1. The molecule has 0 radical (unpaired) electrons. The highest BCUT2D eigenvalue weighted by molar-refractivity contribution is 6.31. The molecule has 18 heavy (non-hydrogen) atoms. The van der Waals surface area contributed by atoms with Crippen LogP contribution >= 0.6 is 11.6 Å². The van der Waals surface area contributed by atoms with Crippen molar-refractivity contribution in [1.29, 1.82) is 5.26 Å². The Hall–Kier alpha value is -1.57. The molecule has 1 aromatic rings. The standard InChI is InChI=1S/C13H14ClN3O/c14-10-3-2-9(8-15)11(6-10)17-12(18)7-13(16)4-1-5-13/h2-3,6H,1,4-5,7,16H2,(H,17,18). The van der Waals surface area contributed by atoms with E-state index in [0.717, 1.165) is 19.3 Å². The summed E-state index contributed by atoms with van der Waals surface area (Å²) in [6.07, 6.45) is 3.11. The van der Waals surface area contributed by atoms with Gasteiger partial charge in [-0.15, -0.1) is 0 Å². The number of benzene rings is 1. The molecule has 0 atom stereocenters. The highest BCUT2D eigenvalue weighted by Gasteiger charge is 2.34. The molecule has 0 bridgehead atoms. The van der Waals surface area contributed by atoms with Gasteiger partial charge in [0.25, 0.3) is 0 Å². The van der Waals surface area contributed by atoms with Gasteiger partial charge in [-0.05, 0) is 37.5 Å². The third-order valence-electron chi connectivity index (χ3n) is 3.24. The molecule has 5 heteroatoms. The first-order valence-electron chi connectivity index (χ1n) is 5.81. The van der Waals surface area contributed by atoms with Gasteiger partial charge in [0.1, 0.15) is 6.07 Å². The lowest BCUT2D eigenvalue weighted by atomic mass is 9.75. The monoisotopic (exact) mass is 263 g/mol. The Morgan fingerprint density at radius 3 is 2.83 bits per heavy atom. The van der Waals surface area contributed by atoms with Gasteiger partial charge in [0.05, 0.1) is 11.3 Å². The topological polar surface area (TPSA) is 78.9 Å². The van der Waals surface area contributed by atoms with Crippen molar-refractivity contribution in [3.63, 3.8) is 0 Å². The van der Waals surface area contributed by atoms with E-state index in [1.807, 2.05) is 6.07 Å². The van der Waals surface area contributed by atoms with Crippen LogP contribution in [0.25, 0.3) is 0 Å². The maximum absolute atomic E-state index is 11.9. The van der Waals surface area contributed by atoms with E-state index in [0.29, 0.717) is 16.3 Å². The molecular weight excluding hydrogens is 250 g/mol. The Labute approximate surface area is 111 Å². The summed E-state index contributed by atoms with van der Waals surface area (Å²) in [5, 5.41) is 12.1. The van der Waals surface area contributed by atoms with Gasteiger partial charge < -0.3 is 11.1 Å². The van der Waals surface area contributed by atoms with Crippen LogP contribution in [0.15, 0.2) is 18.2 Å². The summed E-state index contributed by atoms with van der Waals surface area (Å²) in [4.78, 5) is 11.9. The highest BCUT2D eigenvalue weighted by atomic mass is 35.5. The zero-order chi connectivity index (χ0) is 13.2. The average molecular weight is 264 g/mol. The van der Waals surface area contributed by atoms with Gasteiger partial charge in [-0.2, -0.15) is 5.26 Å². The number of carbonyl (C=O) groups is 1. The molecule has 1 saturated carbocycles. The molecule has 0 aromatic heterocycles. The summed E-state index contributed by atoms with van der Waals surface area (Å²) in [7, 11) is 0. The number of nitrogens with one attached hydrogen (secondary N) is 1. The lowest BCUT2D eigenvalue weighted by molar-refractivity contribution is -0.118. The summed E-state index contributed by atoms with van der Waals surface area (Å²) in [6.45, 7) is 0. The molecule has 1 aromatic carbocycles. The largest absolute Gasteiger partial charge is 0.325 e. The third-order valence-corrected chi connectivity index (χ3v) is 3.47. The van der Waals surface area contributed by atoms with Crippen LogP contribution in [-0.4, -0.2) is 11.4 Å². The molecule has 0 spiro atoms. The van der Waals surface area contributed by atoms with Crippen molar-refractivity contribution in [2.24, 2.45) is 5.73 Å². The molecule has 94 valence electrons. The van der Waals surface area contributed by atoms with Crippen LogP contribution in [0.4, 0.5) is 5.69 Å². The van der Waals surface area contributed by atoms with Gasteiger partial charge in [-0.25, -0.2) is 0 Å². The molecule has 0 heterocycles. The van der Waals surface area contributed by atoms with E-state index in [1.165, 1.54) is 0 Å². The number of hydrogen-bond donors (Lipinski definition) is 2. The van der Waals surface area contributed by atoms with E-state index in [2.05, 4.69) is 5.32 Å². The van der Waals surface area contributed by atoms with E-state index in [4.69, 9.17) is 22.6 Å². The fraction of sp³-hybridized carbons (Fsp3) is 0.385. The van der Waals surface area contributed by atoms with Crippen molar-refractivity contribution in [2.45, 2.75) is 31.2 Å². The second-order valence-electron chi connectivity index (χ2n) is 4.74. The van der Waals surface area contributed by atoms with Crippen molar-refractivity contribution in [3.05, 3.63) is 28.8 Å². The summed E-state index contributed by atoms with van der Waals surface area (Å²) >= 11 is 5.84. The van der Waals surface area contributed by atoms with Crippen LogP contribution in [0, 0.1) is 11.3 Å². The van der Waals surface area contributed by atoms with Gasteiger partial charge >= 0.3 is 0 Å². The second-order valence-corrected chi connectivity index (χ2v) is 5.18. The molecule has 0 aliphatic heterocycles. The fourth-order valence-corrected chi connectivity index (χ4v) is 2.21. The lowest BCUT2D eigenvalue weighted by Crippen LogP contribution is -2.48. The lowest BCUT2D eigenvalue weighted by Gasteiger charge is -2.37. The van der Waals surface area contributed by atoms with Crippen LogP contribution in [-0.2, 0) is 4.79 Å². The van der Waals surface area contributed by atoms with E-state index in [-0.39, 0.29) is 17.9 Å². The van der Waals surface area contributed by atoms with Crippen LogP contribution in [0.5, 0.6) is 0 Å². The van der Waals surface area contributed by atoms with Gasteiger partial charge in [0.2, 0.25) is 5.91 Å². The minimum atomic E-state index is -0.366. The fourth-order valence-electron chi connectivity index (χ4n) is 2.04. The first-order chi connectivity index (χ1) is 8.52. The van der Waals surface area contributed by atoms with Crippen LogP contribution in [0.1, 0.15) is 31.2 Å². The number of amides is 1. The van der Waals surface area contributed by atoms with Crippen LogP contribution in [0.2, 0.25) is 5.02 Å². The smallest absolute Gasteiger partial charge is 0.226 e. The van der Waals surface area contributed by atoms with Gasteiger partial charge in [-0.1, -0.05) is 11.6 Å². The number of rotatable bonds is 3. The first kappa shape index (κ1) is 12.9. The van der Waals surface area contributed by atoms with Gasteiger partial charge in [0, 0.05) is 17.0 Å². The highest BCUT2D eigenvalue weighted by Crippen LogP contribution is 2.32. The summed E-state index contributed by atoms with van der Waals surface area (Å²) < 4.78 is 0. The molecule has 2 rings (SSSR count). The Kier molecular flexibility index (Phi) is 3.55. The molecule has 1 fully saturated rings. The predicted octanol–water partition coefficient (Wildman–Crippen LogP) is 2.42. The maximum Gasteiger partial charge on any atom is 0.226 e. The van der Waals surface area contributed by atoms with Crippen LogP contribution in [0.3, 0.4) is 0 Å². The minimum absolute atomic E-state index is 0.170. The van der Waals surface area contributed by atoms with Gasteiger partial charge in [-0.3, -0.25) is 4.79 Å². The summed E-state index contributed by atoms with van der Waals surface area (Å²) in [5.41, 5.74) is 6.48. The molecule has 4 nitrogen and oxygen atoms in total. The van der Waals surface area contributed by atoms with Crippen molar-refractivity contribution >= 4 is 23.2 Å². The Bertz CT molecular complexity index is 517. The third kappa shape index (κ3) is 2.81. The number of carbonyl (C=O) groups excluding carboxylic acids is 1. The number of nitrogens with two attached hydrogens (primary N) is 1. The molecule has 3 N–H and O–H groups in total. The van der Waals surface area contributed by atoms with E-state index in [1.54, 1.807) is 18.2 Å². The number of halogens is 1. The zero-order valence-corrected chi connectivity index (χ0v) is 10.6.